The highest BCUT2D eigenvalue weighted by atomic mass is 15.0. The van der Waals surface area contributed by atoms with E-state index in [1.165, 1.54) is 54.1 Å². The van der Waals surface area contributed by atoms with E-state index in [0.29, 0.717) is 0 Å². The first-order chi connectivity index (χ1) is 28.3. The molecule has 57 heavy (non-hydrogen) atoms. The molecule has 0 amide bonds. The summed E-state index contributed by atoms with van der Waals surface area (Å²) in [6, 6.07) is 69.7. The number of aromatic nitrogens is 1. The molecule has 0 radical (unpaired) electrons. The number of nitrogens with zero attached hydrogens (tertiary/aromatic N) is 3. The molecule has 0 fully saturated rings. The van der Waals surface area contributed by atoms with E-state index in [1.54, 1.807) is 0 Å². The molecule has 0 saturated carbocycles. The molecule has 0 unspecified atom stereocenters. The maximum Gasteiger partial charge on any atom is 0.160 e. The zero-order chi connectivity index (χ0) is 37.7. The van der Waals surface area contributed by atoms with Crippen LogP contribution in [0.3, 0.4) is 0 Å². The molecular formula is C54H37N3. The van der Waals surface area contributed by atoms with Crippen LogP contribution in [0.25, 0.3) is 76.6 Å². The standard InChI is InChI=1S/C54H37N3/c1-2-15-36(16-3-1)54-55-50(27-14-28-51(56-54)40-31-32-46-44-23-5-4-21-42(44)43-22-6-7-24-45(43)49(46)35-40)39-19-12-17-37(33-39)38-18-13-20-41(34-38)57-52-29-10-8-25-47(52)48-26-9-11-30-53(48)57/h1-13,15-27,29-35H,14,28H2. The second-order valence-electron chi connectivity index (χ2n) is 14.8. The first-order valence-corrected chi connectivity index (χ1v) is 19.7. The number of hydrogen-bond donors (Lipinski definition) is 0. The highest BCUT2D eigenvalue weighted by Gasteiger charge is 2.17. The van der Waals surface area contributed by atoms with Crippen molar-refractivity contribution in [2.45, 2.75) is 12.8 Å². The molecule has 2 heterocycles. The summed E-state index contributed by atoms with van der Waals surface area (Å²) in [5, 5.41) is 10.1. The van der Waals surface area contributed by atoms with Crippen LogP contribution in [0.15, 0.2) is 210 Å². The third-order valence-electron chi connectivity index (χ3n) is 11.5. The van der Waals surface area contributed by atoms with Gasteiger partial charge in [-0.05, 0) is 98.2 Å². The van der Waals surface area contributed by atoms with E-state index in [2.05, 4.69) is 199 Å². The summed E-state index contributed by atoms with van der Waals surface area (Å²) in [6.45, 7) is 0. The average molecular weight is 728 g/mol. The fourth-order valence-corrected chi connectivity index (χ4v) is 8.79. The molecule has 3 nitrogen and oxygen atoms in total. The number of aliphatic imine (C=N–C) groups is 2. The van der Waals surface area contributed by atoms with Gasteiger partial charge in [-0.25, -0.2) is 9.98 Å². The molecule has 0 saturated heterocycles. The second kappa shape index (κ2) is 13.7. The quantitative estimate of drug-likeness (QED) is 0.158. The number of rotatable bonds is 5. The van der Waals surface area contributed by atoms with Crippen molar-refractivity contribution in [2.24, 2.45) is 9.98 Å². The predicted molar refractivity (Wildman–Crippen MR) is 242 cm³/mol. The lowest BCUT2D eigenvalue weighted by Gasteiger charge is -2.16. The van der Waals surface area contributed by atoms with Gasteiger partial charge in [0.05, 0.1) is 22.4 Å². The van der Waals surface area contributed by atoms with E-state index >= 15 is 0 Å². The third-order valence-corrected chi connectivity index (χ3v) is 11.5. The van der Waals surface area contributed by atoms with Crippen LogP contribution in [0.5, 0.6) is 0 Å². The number of allylic oxidation sites excluding steroid dienone is 1. The summed E-state index contributed by atoms with van der Waals surface area (Å²) in [4.78, 5) is 10.7. The van der Waals surface area contributed by atoms with Crippen LogP contribution in [-0.4, -0.2) is 16.1 Å². The summed E-state index contributed by atoms with van der Waals surface area (Å²) in [5.41, 5.74) is 11.0. The molecule has 0 spiro atoms. The number of para-hydroxylation sites is 2. The highest BCUT2D eigenvalue weighted by molar-refractivity contribution is 6.26. The first kappa shape index (κ1) is 33.0. The molecule has 11 rings (SSSR count). The van der Waals surface area contributed by atoms with Crippen LogP contribution in [0.4, 0.5) is 0 Å². The van der Waals surface area contributed by atoms with E-state index in [1.807, 2.05) is 6.07 Å². The number of fused-ring (bicyclic) bond motifs is 9. The maximum atomic E-state index is 5.39. The SMILES string of the molecule is C1=C(c2cccc(-c3cccc(-n4c5ccccc5c5ccccc54)c3)c2)N=C(c2ccccc2)N=C(c2ccc3c4ccccc4c4ccccc4c3c2)CC1. The van der Waals surface area contributed by atoms with Gasteiger partial charge in [-0.1, -0.05) is 164 Å². The van der Waals surface area contributed by atoms with Crippen LogP contribution in [0.2, 0.25) is 0 Å². The van der Waals surface area contributed by atoms with Gasteiger partial charge in [0.2, 0.25) is 0 Å². The van der Waals surface area contributed by atoms with Gasteiger partial charge in [0.25, 0.3) is 0 Å². The number of hydrogen-bond acceptors (Lipinski definition) is 2. The summed E-state index contributed by atoms with van der Waals surface area (Å²) in [7, 11) is 0. The van der Waals surface area contributed by atoms with Crippen molar-refractivity contribution in [1.29, 1.82) is 0 Å². The lowest BCUT2D eigenvalue weighted by molar-refractivity contribution is 1.09. The minimum atomic E-state index is 0.721. The number of amidine groups is 1. The van der Waals surface area contributed by atoms with E-state index in [4.69, 9.17) is 9.98 Å². The van der Waals surface area contributed by atoms with Crippen molar-refractivity contribution in [1.82, 2.24) is 4.57 Å². The Bertz CT molecular complexity index is 3200. The first-order valence-electron chi connectivity index (χ1n) is 19.7. The van der Waals surface area contributed by atoms with Crippen LogP contribution in [0.1, 0.15) is 29.5 Å². The molecule has 10 aromatic rings. The van der Waals surface area contributed by atoms with Crippen molar-refractivity contribution in [3.05, 3.63) is 217 Å². The summed E-state index contributed by atoms with van der Waals surface area (Å²) in [6.07, 6.45) is 3.91. The number of benzene rings is 9. The molecule has 268 valence electrons. The fraction of sp³-hybridized carbons (Fsp3) is 0.0370. The molecule has 0 atom stereocenters. The predicted octanol–water partition coefficient (Wildman–Crippen LogP) is 14.0. The van der Waals surface area contributed by atoms with Crippen molar-refractivity contribution < 1.29 is 0 Å². The van der Waals surface area contributed by atoms with Gasteiger partial charge >= 0.3 is 0 Å². The van der Waals surface area contributed by atoms with Gasteiger partial charge in [-0.2, -0.15) is 0 Å². The molecule has 9 aromatic carbocycles. The molecular weight excluding hydrogens is 691 g/mol. The Kier molecular flexibility index (Phi) is 7.96. The minimum Gasteiger partial charge on any atom is -0.309 e. The average Bonchev–Trinajstić information content (AvgIpc) is 3.61. The molecule has 1 aliphatic heterocycles. The topological polar surface area (TPSA) is 29.6 Å². The van der Waals surface area contributed by atoms with Crippen LogP contribution in [-0.2, 0) is 0 Å². The fourth-order valence-electron chi connectivity index (χ4n) is 8.79. The van der Waals surface area contributed by atoms with Gasteiger partial charge in [0, 0.05) is 27.6 Å². The Labute approximate surface area is 331 Å². The monoisotopic (exact) mass is 727 g/mol. The lowest BCUT2D eigenvalue weighted by atomic mass is 9.92. The molecule has 0 N–H and O–H groups in total. The Hall–Kier alpha value is -7.36. The van der Waals surface area contributed by atoms with Crippen molar-refractivity contribution in [2.75, 3.05) is 0 Å². The smallest absolute Gasteiger partial charge is 0.160 e. The lowest BCUT2D eigenvalue weighted by Crippen LogP contribution is -2.09. The Morgan fingerprint density at radius 1 is 0.351 bits per heavy atom. The van der Waals surface area contributed by atoms with E-state index in [9.17, 15) is 0 Å². The van der Waals surface area contributed by atoms with E-state index < -0.39 is 0 Å². The minimum absolute atomic E-state index is 0.721. The molecule has 0 bridgehead atoms. The summed E-state index contributed by atoms with van der Waals surface area (Å²) >= 11 is 0. The van der Waals surface area contributed by atoms with Gasteiger partial charge < -0.3 is 4.57 Å². The van der Waals surface area contributed by atoms with Gasteiger partial charge in [-0.3, -0.25) is 0 Å². The van der Waals surface area contributed by atoms with Gasteiger partial charge in [0.15, 0.2) is 5.84 Å². The van der Waals surface area contributed by atoms with Crippen molar-refractivity contribution >= 4 is 71.4 Å². The zero-order valence-electron chi connectivity index (χ0n) is 31.3. The normalized spacial score (nSPS) is 13.4. The van der Waals surface area contributed by atoms with E-state index in [0.717, 1.165) is 63.6 Å². The van der Waals surface area contributed by atoms with Crippen LogP contribution in [0, 0.1) is 0 Å². The Morgan fingerprint density at radius 2 is 0.877 bits per heavy atom. The molecule has 3 heteroatoms. The summed E-state index contributed by atoms with van der Waals surface area (Å²) < 4.78 is 2.38. The van der Waals surface area contributed by atoms with Gasteiger partial charge in [0.1, 0.15) is 0 Å². The largest absolute Gasteiger partial charge is 0.309 e. The molecule has 1 aromatic heterocycles. The van der Waals surface area contributed by atoms with Crippen molar-refractivity contribution in [3.8, 4) is 16.8 Å². The zero-order valence-corrected chi connectivity index (χ0v) is 31.3. The highest BCUT2D eigenvalue weighted by Crippen LogP contribution is 2.37. The van der Waals surface area contributed by atoms with Crippen LogP contribution < -0.4 is 0 Å². The molecule has 0 aliphatic carbocycles. The van der Waals surface area contributed by atoms with E-state index in [-0.39, 0.29) is 0 Å². The van der Waals surface area contributed by atoms with Gasteiger partial charge in [-0.15, -0.1) is 0 Å². The molecule has 1 aliphatic rings. The van der Waals surface area contributed by atoms with Crippen molar-refractivity contribution in [3.63, 3.8) is 0 Å². The Morgan fingerprint density at radius 3 is 1.56 bits per heavy atom. The maximum absolute atomic E-state index is 5.39. The Balaban J connectivity index is 0.997. The third kappa shape index (κ3) is 5.75. The second-order valence-corrected chi connectivity index (χ2v) is 14.8. The van der Waals surface area contributed by atoms with Crippen LogP contribution >= 0.6 is 0 Å². The summed E-state index contributed by atoms with van der Waals surface area (Å²) in [5.74, 6) is 0.721.